The van der Waals surface area contributed by atoms with Gasteiger partial charge in [0, 0.05) is 32.6 Å². The summed E-state index contributed by atoms with van der Waals surface area (Å²) in [5, 5.41) is 7.79. The molecule has 1 heterocycles. The number of hydrogen-bond donors (Lipinski definition) is 3. The Morgan fingerprint density at radius 1 is 1.33 bits per heavy atom. The van der Waals surface area contributed by atoms with Crippen LogP contribution in [0, 0.1) is 0 Å². The van der Waals surface area contributed by atoms with E-state index in [0.717, 1.165) is 19.6 Å². The highest BCUT2D eigenvalue weighted by molar-refractivity contribution is 5.94. The van der Waals surface area contributed by atoms with Gasteiger partial charge in [0.15, 0.2) is 0 Å². The Labute approximate surface area is 114 Å². The number of nitrogens with one attached hydrogen (secondary N) is 3. The highest BCUT2D eigenvalue weighted by Crippen LogP contribution is 2.16. The van der Waals surface area contributed by atoms with Gasteiger partial charge >= 0.3 is 6.03 Å². The van der Waals surface area contributed by atoms with Crippen molar-refractivity contribution in [1.82, 2.24) is 20.9 Å². The van der Waals surface area contributed by atoms with Crippen molar-refractivity contribution in [2.75, 3.05) is 33.7 Å². The minimum Gasteiger partial charge on any atom is -0.341 e. The van der Waals surface area contributed by atoms with E-state index in [1.807, 2.05) is 7.05 Å². The molecule has 1 saturated heterocycles. The average Bonchev–Trinajstić information content (AvgIpc) is 2.74. The van der Waals surface area contributed by atoms with Crippen LogP contribution in [-0.4, -0.2) is 56.6 Å². The first-order valence-corrected chi connectivity index (χ1v) is 6.07. The van der Waals surface area contributed by atoms with Crippen LogP contribution in [0.3, 0.4) is 0 Å². The monoisotopic (exact) mass is 278 g/mol. The molecule has 1 aliphatic rings. The molecule has 0 aromatic carbocycles. The number of imide groups is 1. The van der Waals surface area contributed by atoms with E-state index in [1.165, 1.54) is 19.9 Å². The van der Waals surface area contributed by atoms with Crippen molar-refractivity contribution >= 4 is 24.3 Å². The number of nitrogens with zero attached hydrogens (tertiary/aromatic N) is 1. The van der Waals surface area contributed by atoms with Gasteiger partial charge in [0.05, 0.1) is 0 Å². The summed E-state index contributed by atoms with van der Waals surface area (Å²) < 4.78 is 0. The molecule has 1 unspecified atom stereocenters. The molecule has 1 rings (SSSR count). The Morgan fingerprint density at radius 3 is 2.67 bits per heavy atom. The summed E-state index contributed by atoms with van der Waals surface area (Å²) in [6.07, 6.45) is 2.73. The predicted molar refractivity (Wildman–Crippen MR) is 73.0 cm³/mol. The fourth-order valence-electron chi connectivity index (χ4n) is 2.15. The highest BCUT2D eigenvalue weighted by atomic mass is 35.5. The quantitative estimate of drug-likeness (QED) is 0.659. The summed E-state index contributed by atoms with van der Waals surface area (Å²) in [6.45, 7) is 2.71. The lowest BCUT2D eigenvalue weighted by molar-refractivity contribution is -0.120. The smallest absolute Gasteiger partial charge is 0.321 e. The summed E-state index contributed by atoms with van der Waals surface area (Å²) >= 11 is 0. The van der Waals surface area contributed by atoms with Gasteiger partial charge in [-0.05, 0) is 26.4 Å². The zero-order chi connectivity index (χ0) is 12.7. The second kappa shape index (κ2) is 9.13. The topological polar surface area (TPSA) is 73.5 Å². The van der Waals surface area contributed by atoms with Gasteiger partial charge in [0.1, 0.15) is 0 Å². The normalized spacial score (nSPS) is 19.1. The number of carbonyl (C=O) groups excluding carboxylic acids is 2. The van der Waals surface area contributed by atoms with Crippen molar-refractivity contribution in [2.45, 2.75) is 25.3 Å². The summed E-state index contributed by atoms with van der Waals surface area (Å²) in [7, 11) is 3.43. The van der Waals surface area contributed by atoms with Crippen LogP contribution >= 0.6 is 12.4 Å². The third kappa shape index (κ3) is 5.66. The Morgan fingerprint density at radius 2 is 2.06 bits per heavy atom. The molecule has 0 saturated carbocycles. The van der Waals surface area contributed by atoms with Crippen LogP contribution in [0.4, 0.5) is 4.79 Å². The number of rotatable bonds is 5. The molecule has 6 nitrogen and oxygen atoms in total. The maximum absolute atomic E-state index is 11.4. The average molecular weight is 279 g/mol. The molecule has 3 amide bonds. The Balaban J connectivity index is 0.00000289. The molecule has 3 N–H and O–H groups in total. The van der Waals surface area contributed by atoms with E-state index in [-0.39, 0.29) is 18.3 Å². The number of hydrogen-bond acceptors (Lipinski definition) is 4. The van der Waals surface area contributed by atoms with Crippen molar-refractivity contribution in [3.8, 4) is 0 Å². The third-order valence-electron chi connectivity index (χ3n) is 3.04. The summed E-state index contributed by atoms with van der Waals surface area (Å²) in [6, 6.07) is 0.0796. The largest absolute Gasteiger partial charge is 0.341 e. The first kappa shape index (κ1) is 17.2. The van der Waals surface area contributed by atoms with Gasteiger partial charge in [-0.15, -0.1) is 12.4 Å². The van der Waals surface area contributed by atoms with Crippen LogP contribution in [0.2, 0.25) is 0 Å². The van der Waals surface area contributed by atoms with E-state index in [2.05, 4.69) is 20.9 Å². The van der Waals surface area contributed by atoms with Crippen molar-refractivity contribution in [2.24, 2.45) is 0 Å². The van der Waals surface area contributed by atoms with Gasteiger partial charge in [-0.1, -0.05) is 0 Å². The Bertz CT molecular complexity index is 276. The summed E-state index contributed by atoms with van der Waals surface area (Å²) in [5.41, 5.74) is 0. The number of carbonyl (C=O) groups is 2. The number of halogens is 1. The van der Waals surface area contributed by atoms with Crippen molar-refractivity contribution in [3.05, 3.63) is 0 Å². The molecular weight excluding hydrogens is 256 g/mol. The number of amides is 3. The molecule has 1 aliphatic heterocycles. The molecule has 7 heteroatoms. The van der Waals surface area contributed by atoms with E-state index in [0.29, 0.717) is 12.5 Å². The lowest BCUT2D eigenvalue weighted by Crippen LogP contribution is -2.41. The molecular formula is C11H23ClN4O2. The predicted octanol–water partition coefficient (Wildman–Crippen LogP) is -0.0623. The highest BCUT2D eigenvalue weighted by Gasteiger charge is 2.23. The molecule has 0 radical (unpaired) electrons. The molecule has 18 heavy (non-hydrogen) atoms. The minimum absolute atomic E-state index is 0. The van der Waals surface area contributed by atoms with E-state index >= 15 is 0 Å². The van der Waals surface area contributed by atoms with Gasteiger partial charge in [-0.25, -0.2) is 4.79 Å². The number of likely N-dealkylation sites (N-methyl/N-ethyl adjacent to an activating group) is 1. The maximum atomic E-state index is 11.4. The molecule has 1 fully saturated rings. The van der Waals surface area contributed by atoms with Crippen LogP contribution in [-0.2, 0) is 4.79 Å². The van der Waals surface area contributed by atoms with Crippen LogP contribution in [0.5, 0.6) is 0 Å². The molecule has 0 bridgehead atoms. The number of urea groups is 1. The summed E-state index contributed by atoms with van der Waals surface area (Å²) in [5.74, 6) is -0.223. The van der Waals surface area contributed by atoms with Crippen LogP contribution in [0.25, 0.3) is 0 Å². The fraction of sp³-hybridized carbons (Fsp3) is 0.818. The van der Waals surface area contributed by atoms with E-state index in [1.54, 1.807) is 0 Å². The Kier molecular flexibility index (Phi) is 8.70. The number of likely N-dealkylation sites (tertiary alicyclic amines) is 1. The standard InChI is InChI=1S/C11H22N4O2.ClH/c1-12-8-9-4-3-6-15(9)7-5-10(16)14-11(17)13-2;/h9,12H,3-8H2,1-2H3,(H2,13,14,16,17);1H. The molecule has 0 aromatic rings. The van der Waals surface area contributed by atoms with E-state index in [9.17, 15) is 9.59 Å². The third-order valence-corrected chi connectivity index (χ3v) is 3.04. The second-order valence-corrected chi connectivity index (χ2v) is 4.27. The van der Waals surface area contributed by atoms with Gasteiger partial charge in [-0.3, -0.25) is 15.0 Å². The first-order chi connectivity index (χ1) is 8.17. The molecule has 0 aromatic heterocycles. The van der Waals surface area contributed by atoms with Crippen LogP contribution in [0.1, 0.15) is 19.3 Å². The van der Waals surface area contributed by atoms with E-state index in [4.69, 9.17) is 0 Å². The van der Waals surface area contributed by atoms with Gasteiger partial charge in [0.2, 0.25) is 5.91 Å². The fourth-order valence-corrected chi connectivity index (χ4v) is 2.15. The maximum Gasteiger partial charge on any atom is 0.321 e. The molecule has 106 valence electrons. The van der Waals surface area contributed by atoms with Crippen LogP contribution in [0.15, 0.2) is 0 Å². The summed E-state index contributed by atoms with van der Waals surface area (Å²) in [4.78, 5) is 24.6. The molecule has 1 atom stereocenters. The molecule has 0 aliphatic carbocycles. The first-order valence-electron chi connectivity index (χ1n) is 6.07. The SMILES string of the molecule is CNCC1CCCN1CCC(=O)NC(=O)NC.Cl. The van der Waals surface area contributed by atoms with Crippen molar-refractivity contribution in [3.63, 3.8) is 0 Å². The van der Waals surface area contributed by atoms with E-state index < -0.39 is 6.03 Å². The lowest BCUT2D eigenvalue weighted by Gasteiger charge is -2.23. The Hall–Kier alpha value is -0.850. The molecule has 0 spiro atoms. The van der Waals surface area contributed by atoms with Gasteiger partial charge < -0.3 is 10.6 Å². The van der Waals surface area contributed by atoms with Gasteiger partial charge in [0.25, 0.3) is 0 Å². The zero-order valence-corrected chi connectivity index (χ0v) is 11.8. The minimum atomic E-state index is -0.441. The van der Waals surface area contributed by atoms with Crippen LogP contribution < -0.4 is 16.0 Å². The zero-order valence-electron chi connectivity index (χ0n) is 11.0. The lowest BCUT2D eigenvalue weighted by atomic mass is 10.2. The van der Waals surface area contributed by atoms with Crippen molar-refractivity contribution in [1.29, 1.82) is 0 Å². The second-order valence-electron chi connectivity index (χ2n) is 4.27. The van der Waals surface area contributed by atoms with Gasteiger partial charge in [-0.2, -0.15) is 0 Å². The van der Waals surface area contributed by atoms with Crippen molar-refractivity contribution < 1.29 is 9.59 Å².